The van der Waals surface area contributed by atoms with Gasteiger partial charge in [-0.25, -0.2) is 5.84 Å². The van der Waals surface area contributed by atoms with Crippen LogP contribution in [0.25, 0.3) is 0 Å². The average Bonchev–Trinajstić information content (AvgIpc) is 2.29. The maximum atomic E-state index is 12.2. The van der Waals surface area contributed by atoms with Gasteiger partial charge in [-0.05, 0) is 19.8 Å². The number of likely N-dealkylation sites (N-methyl/N-ethyl adjacent to an activating group) is 1. The molecule has 0 atom stereocenters. The van der Waals surface area contributed by atoms with E-state index in [-0.39, 0.29) is 5.91 Å². The maximum Gasteiger partial charge on any atom is 0.247 e. The molecule has 0 aromatic rings. The summed E-state index contributed by atoms with van der Waals surface area (Å²) in [6.45, 7) is 10.1. The van der Waals surface area contributed by atoms with Gasteiger partial charge in [-0.3, -0.25) is 15.2 Å². The van der Waals surface area contributed by atoms with Crippen LogP contribution in [-0.4, -0.2) is 53.9 Å². The highest BCUT2D eigenvalue weighted by molar-refractivity contribution is 5.92. The number of nitrogens with one attached hydrogen (secondary N) is 1. The first-order valence-corrected chi connectivity index (χ1v) is 6.35. The molecule has 104 valence electrons. The molecule has 1 heterocycles. The lowest BCUT2D eigenvalue weighted by atomic mass is 9.98. The van der Waals surface area contributed by atoms with Gasteiger partial charge < -0.3 is 9.80 Å². The summed E-state index contributed by atoms with van der Waals surface area (Å²) in [7, 11) is 1.82. The van der Waals surface area contributed by atoms with E-state index in [0.717, 1.165) is 6.54 Å². The molecule has 18 heavy (non-hydrogen) atoms. The van der Waals surface area contributed by atoms with Gasteiger partial charge >= 0.3 is 0 Å². The first-order valence-electron chi connectivity index (χ1n) is 6.35. The SMILES string of the molecule is CC(C)CN=C(NN)N1CCN(C)C(=O)C1(C)C. The smallest absolute Gasteiger partial charge is 0.247 e. The number of hydrogen-bond donors (Lipinski definition) is 2. The molecule has 1 rings (SSSR count). The van der Waals surface area contributed by atoms with Crippen molar-refractivity contribution >= 4 is 11.9 Å². The lowest BCUT2D eigenvalue weighted by Crippen LogP contribution is -2.66. The number of hydrogen-bond acceptors (Lipinski definition) is 3. The second-order valence-corrected chi connectivity index (χ2v) is 5.64. The maximum absolute atomic E-state index is 12.2. The summed E-state index contributed by atoms with van der Waals surface area (Å²) in [5.41, 5.74) is 2.01. The zero-order valence-electron chi connectivity index (χ0n) is 12.0. The van der Waals surface area contributed by atoms with Crippen molar-refractivity contribution in [2.24, 2.45) is 16.8 Å². The van der Waals surface area contributed by atoms with Crippen molar-refractivity contribution in [3.63, 3.8) is 0 Å². The van der Waals surface area contributed by atoms with Gasteiger partial charge in [0.15, 0.2) is 0 Å². The molecule has 1 fully saturated rings. The third kappa shape index (κ3) is 2.93. The van der Waals surface area contributed by atoms with Crippen molar-refractivity contribution in [1.82, 2.24) is 15.2 Å². The van der Waals surface area contributed by atoms with Gasteiger partial charge in [0.25, 0.3) is 0 Å². The molecule has 1 saturated heterocycles. The number of nitrogens with two attached hydrogens (primary N) is 1. The van der Waals surface area contributed by atoms with Gasteiger partial charge in [0.1, 0.15) is 5.54 Å². The Morgan fingerprint density at radius 1 is 1.50 bits per heavy atom. The van der Waals surface area contributed by atoms with E-state index in [1.165, 1.54) is 0 Å². The first-order chi connectivity index (χ1) is 8.30. The van der Waals surface area contributed by atoms with E-state index >= 15 is 0 Å². The van der Waals surface area contributed by atoms with Gasteiger partial charge in [-0.1, -0.05) is 13.8 Å². The number of rotatable bonds is 2. The van der Waals surface area contributed by atoms with E-state index in [2.05, 4.69) is 24.3 Å². The minimum absolute atomic E-state index is 0.0845. The molecule has 0 aliphatic carbocycles. The normalized spacial score (nSPS) is 20.6. The fourth-order valence-electron chi connectivity index (χ4n) is 2.06. The Morgan fingerprint density at radius 3 is 2.61 bits per heavy atom. The van der Waals surface area contributed by atoms with Gasteiger partial charge in [0, 0.05) is 26.7 Å². The van der Waals surface area contributed by atoms with E-state index in [9.17, 15) is 4.79 Å². The van der Waals surface area contributed by atoms with Crippen LogP contribution in [0, 0.1) is 5.92 Å². The van der Waals surface area contributed by atoms with Crippen LogP contribution in [0.2, 0.25) is 0 Å². The molecule has 0 unspecified atom stereocenters. The van der Waals surface area contributed by atoms with Crippen molar-refractivity contribution < 1.29 is 4.79 Å². The lowest BCUT2D eigenvalue weighted by Gasteiger charge is -2.45. The number of guanidine groups is 1. The topological polar surface area (TPSA) is 74.0 Å². The quantitative estimate of drug-likeness (QED) is 0.316. The molecule has 0 bridgehead atoms. The highest BCUT2D eigenvalue weighted by Gasteiger charge is 2.41. The largest absolute Gasteiger partial charge is 0.342 e. The van der Waals surface area contributed by atoms with E-state index in [0.29, 0.717) is 25.0 Å². The second kappa shape index (κ2) is 5.56. The fraction of sp³-hybridized carbons (Fsp3) is 0.833. The first kappa shape index (κ1) is 14.8. The Morgan fingerprint density at radius 2 is 2.11 bits per heavy atom. The van der Waals surface area contributed by atoms with E-state index in [1.807, 2.05) is 25.8 Å². The van der Waals surface area contributed by atoms with Gasteiger partial charge in [0.05, 0.1) is 0 Å². The number of carbonyl (C=O) groups is 1. The van der Waals surface area contributed by atoms with Crippen LogP contribution in [-0.2, 0) is 4.79 Å². The molecule has 0 radical (unpaired) electrons. The molecule has 6 nitrogen and oxygen atoms in total. The molecule has 0 aromatic carbocycles. The zero-order valence-corrected chi connectivity index (χ0v) is 12.0. The van der Waals surface area contributed by atoms with Crippen molar-refractivity contribution in [2.45, 2.75) is 33.2 Å². The van der Waals surface area contributed by atoms with Crippen LogP contribution in [0.15, 0.2) is 4.99 Å². The summed E-state index contributed by atoms with van der Waals surface area (Å²) in [6, 6.07) is 0. The number of hydrazine groups is 1. The molecule has 3 N–H and O–H groups in total. The highest BCUT2D eigenvalue weighted by Crippen LogP contribution is 2.21. The van der Waals surface area contributed by atoms with Crippen molar-refractivity contribution in [3.8, 4) is 0 Å². The predicted octanol–water partition coefficient (Wildman–Crippen LogP) is 0.0143. The molecule has 1 aliphatic heterocycles. The highest BCUT2D eigenvalue weighted by atomic mass is 16.2. The molecule has 1 aliphatic rings. The number of aliphatic imine (C=N–C) groups is 1. The molecular formula is C12H25N5O. The molecular weight excluding hydrogens is 230 g/mol. The van der Waals surface area contributed by atoms with Crippen LogP contribution in [0.4, 0.5) is 0 Å². The zero-order chi connectivity index (χ0) is 13.9. The minimum atomic E-state index is -0.616. The van der Waals surface area contributed by atoms with Crippen LogP contribution in [0.5, 0.6) is 0 Å². The third-order valence-electron chi connectivity index (χ3n) is 3.19. The standard InChI is InChI=1S/C12H25N5O/c1-9(2)8-14-11(15-13)17-7-6-16(5)10(18)12(17,3)4/h9H,6-8,13H2,1-5H3,(H,14,15). The number of carbonyl (C=O) groups excluding carboxylic acids is 1. The number of piperazine rings is 1. The average molecular weight is 255 g/mol. The van der Waals surface area contributed by atoms with Crippen molar-refractivity contribution in [3.05, 3.63) is 0 Å². The van der Waals surface area contributed by atoms with Gasteiger partial charge in [-0.2, -0.15) is 0 Å². The minimum Gasteiger partial charge on any atom is -0.342 e. The second-order valence-electron chi connectivity index (χ2n) is 5.64. The van der Waals surface area contributed by atoms with E-state index in [4.69, 9.17) is 5.84 Å². The molecule has 6 heteroatoms. The summed E-state index contributed by atoms with van der Waals surface area (Å²) < 4.78 is 0. The summed E-state index contributed by atoms with van der Waals surface area (Å²) in [5.74, 6) is 6.68. The Hall–Kier alpha value is -1.30. The Bertz CT molecular complexity index is 337. The van der Waals surface area contributed by atoms with Crippen LogP contribution in [0.1, 0.15) is 27.7 Å². The Kier molecular flexibility index (Phi) is 4.56. The summed E-state index contributed by atoms with van der Waals surface area (Å²) >= 11 is 0. The van der Waals surface area contributed by atoms with Crippen molar-refractivity contribution in [1.29, 1.82) is 0 Å². The number of nitrogens with zero attached hydrogens (tertiary/aromatic N) is 3. The fourth-order valence-corrected chi connectivity index (χ4v) is 2.06. The van der Waals surface area contributed by atoms with E-state index < -0.39 is 5.54 Å². The number of amides is 1. The molecule has 1 amide bonds. The van der Waals surface area contributed by atoms with Crippen LogP contribution >= 0.6 is 0 Å². The Balaban J connectivity index is 2.92. The van der Waals surface area contributed by atoms with Crippen LogP contribution in [0.3, 0.4) is 0 Å². The molecule has 0 aromatic heterocycles. The molecule has 0 spiro atoms. The Labute approximate surface area is 109 Å². The van der Waals surface area contributed by atoms with Crippen molar-refractivity contribution in [2.75, 3.05) is 26.7 Å². The van der Waals surface area contributed by atoms with E-state index in [1.54, 1.807) is 4.90 Å². The van der Waals surface area contributed by atoms with Gasteiger partial charge in [-0.15, -0.1) is 0 Å². The summed E-state index contributed by atoms with van der Waals surface area (Å²) in [5, 5.41) is 0. The monoisotopic (exact) mass is 255 g/mol. The summed E-state index contributed by atoms with van der Waals surface area (Å²) in [6.07, 6.45) is 0. The predicted molar refractivity (Wildman–Crippen MR) is 72.9 cm³/mol. The third-order valence-corrected chi connectivity index (χ3v) is 3.19. The molecule has 0 saturated carbocycles. The summed E-state index contributed by atoms with van der Waals surface area (Å²) in [4.78, 5) is 20.3. The van der Waals surface area contributed by atoms with Crippen LogP contribution < -0.4 is 11.3 Å². The van der Waals surface area contributed by atoms with Gasteiger partial charge in [0.2, 0.25) is 11.9 Å². The lowest BCUT2D eigenvalue weighted by molar-refractivity contribution is -0.143.